The SMILES string of the molecule is CC(C)c1cc(C(=O)NCC2(c3ccccc3)CCC2)nn1C(C)(C)C. The van der Waals surface area contributed by atoms with Gasteiger partial charge in [-0.25, -0.2) is 0 Å². The van der Waals surface area contributed by atoms with Gasteiger partial charge in [0.25, 0.3) is 5.91 Å². The first-order valence-electron chi connectivity index (χ1n) is 9.67. The first kappa shape index (κ1) is 18.7. The molecule has 0 atom stereocenters. The van der Waals surface area contributed by atoms with Crippen LogP contribution in [0.1, 0.15) is 81.5 Å². The van der Waals surface area contributed by atoms with E-state index in [1.54, 1.807) is 0 Å². The largest absolute Gasteiger partial charge is 0.350 e. The summed E-state index contributed by atoms with van der Waals surface area (Å²) >= 11 is 0. The Morgan fingerprint density at radius 2 is 1.88 bits per heavy atom. The summed E-state index contributed by atoms with van der Waals surface area (Å²) in [5.41, 5.74) is 2.90. The minimum atomic E-state index is -0.142. The molecule has 0 aliphatic heterocycles. The van der Waals surface area contributed by atoms with Gasteiger partial charge in [0, 0.05) is 17.7 Å². The van der Waals surface area contributed by atoms with Gasteiger partial charge in [-0.05, 0) is 51.2 Å². The van der Waals surface area contributed by atoms with Gasteiger partial charge in [-0.15, -0.1) is 0 Å². The lowest BCUT2D eigenvalue weighted by Crippen LogP contribution is -2.45. The second kappa shape index (κ2) is 6.90. The van der Waals surface area contributed by atoms with Crippen LogP contribution in [0.5, 0.6) is 0 Å². The zero-order chi connectivity index (χ0) is 18.9. The van der Waals surface area contributed by atoms with E-state index in [9.17, 15) is 4.79 Å². The molecular weight excluding hydrogens is 322 g/mol. The van der Waals surface area contributed by atoms with Crippen molar-refractivity contribution in [3.63, 3.8) is 0 Å². The molecule has 0 unspecified atom stereocenters. The zero-order valence-corrected chi connectivity index (χ0v) is 16.7. The van der Waals surface area contributed by atoms with Crippen LogP contribution in [0, 0.1) is 0 Å². The molecule has 140 valence electrons. The van der Waals surface area contributed by atoms with Crippen molar-refractivity contribution in [3.05, 3.63) is 53.3 Å². The van der Waals surface area contributed by atoms with Gasteiger partial charge >= 0.3 is 0 Å². The molecule has 1 aromatic carbocycles. The van der Waals surface area contributed by atoms with Crippen molar-refractivity contribution < 1.29 is 4.79 Å². The summed E-state index contributed by atoms with van der Waals surface area (Å²) < 4.78 is 1.99. The third kappa shape index (κ3) is 3.55. The van der Waals surface area contributed by atoms with E-state index in [4.69, 9.17) is 0 Å². The Balaban J connectivity index is 1.76. The fourth-order valence-corrected chi connectivity index (χ4v) is 3.76. The summed E-state index contributed by atoms with van der Waals surface area (Å²) in [6.07, 6.45) is 3.48. The smallest absolute Gasteiger partial charge is 0.271 e. The molecule has 4 nitrogen and oxygen atoms in total. The van der Waals surface area contributed by atoms with E-state index < -0.39 is 0 Å². The number of nitrogens with one attached hydrogen (secondary N) is 1. The Bertz CT molecular complexity index is 764. The van der Waals surface area contributed by atoms with Crippen LogP contribution < -0.4 is 5.32 Å². The van der Waals surface area contributed by atoms with Crippen molar-refractivity contribution in [1.29, 1.82) is 0 Å². The fraction of sp³-hybridized carbons (Fsp3) is 0.545. The van der Waals surface area contributed by atoms with Crippen LogP contribution in [0.15, 0.2) is 36.4 Å². The molecule has 1 N–H and O–H groups in total. The van der Waals surface area contributed by atoms with Crippen LogP contribution in [0.2, 0.25) is 0 Å². The second-order valence-corrected chi connectivity index (χ2v) is 8.87. The number of carbonyl (C=O) groups is 1. The van der Waals surface area contributed by atoms with E-state index in [-0.39, 0.29) is 16.9 Å². The molecule has 1 aliphatic rings. The highest BCUT2D eigenvalue weighted by Gasteiger charge is 2.39. The summed E-state index contributed by atoms with van der Waals surface area (Å²) in [5.74, 6) is 0.252. The van der Waals surface area contributed by atoms with Gasteiger partial charge in [0.2, 0.25) is 0 Å². The zero-order valence-electron chi connectivity index (χ0n) is 16.7. The average Bonchev–Trinajstić information content (AvgIpc) is 3.00. The first-order chi connectivity index (χ1) is 12.2. The number of carbonyl (C=O) groups excluding carboxylic acids is 1. The molecule has 1 aromatic heterocycles. The lowest BCUT2D eigenvalue weighted by molar-refractivity contribution is 0.0921. The van der Waals surface area contributed by atoms with E-state index in [2.05, 4.69) is 69.3 Å². The molecule has 0 radical (unpaired) electrons. The van der Waals surface area contributed by atoms with Gasteiger partial charge in [-0.3, -0.25) is 9.48 Å². The maximum atomic E-state index is 12.8. The van der Waals surface area contributed by atoms with E-state index in [1.807, 2.05) is 16.8 Å². The van der Waals surface area contributed by atoms with Gasteiger partial charge in [-0.1, -0.05) is 50.6 Å². The van der Waals surface area contributed by atoms with Gasteiger partial charge < -0.3 is 5.32 Å². The molecule has 0 saturated heterocycles. The Labute approximate surface area is 157 Å². The van der Waals surface area contributed by atoms with Crippen LogP contribution in [-0.4, -0.2) is 22.2 Å². The van der Waals surface area contributed by atoms with Crippen molar-refractivity contribution in [2.45, 2.75) is 70.8 Å². The molecule has 1 saturated carbocycles. The predicted octanol–water partition coefficient (Wildman–Crippen LogP) is 4.61. The molecule has 26 heavy (non-hydrogen) atoms. The molecule has 1 fully saturated rings. The highest BCUT2D eigenvalue weighted by molar-refractivity contribution is 5.92. The molecule has 1 heterocycles. The highest BCUT2D eigenvalue weighted by atomic mass is 16.1. The number of amides is 1. The summed E-state index contributed by atoms with van der Waals surface area (Å²) in [6.45, 7) is 11.3. The highest BCUT2D eigenvalue weighted by Crippen LogP contribution is 2.43. The quantitative estimate of drug-likeness (QED) is 0.853. The lowest BCUT2D eigenvalue weighted by atomic mass is 9.64. The van der Waals surface area contributed by atoms with E-state index in [1.165, 1.54) is 12.0 Å². The maximum absolute atomic E-state index is 12.8. The molecule has 1 amide bonds. The van der Waals surface area contributed by atoms with Crippen LogP contribution >= 0.6 is 0 Å². The van der Waals surface area contributed by atoms with Crippen molar-refractivity contribution in [1.82, 2.24) is 15.1 Å². The third-order valence-corrected chi connectivity index (χ3v) is 5.48. The molecule has 0 bridgehead atoms. The third-order valence-electron chi connectivity index (χ3n) is 5.48. The monoisotopic (exact) mass is 353 g/mol. The number of rotatable bonds is 5. The van der Waals surface area contributed by atoms with E-state index >= 15 is 0 Å². The Morgan fingerprint density at radius 1 is 1.23 bits per heavy atom. The molecule has 1 aliphatic carbocycles. The van der Waals surface area contributed by atoms with Crippen LogP contribution in [-0.2, 0) is 11.0 Å². The minimum absolute atomic E-state index is 0.0721. The van der Waals surface area contributed by atoms with Crippen molar-refractivity contribution in [3.8, 4) is 0 Å². The van der Waals surface area contributed by atoms with Gasteiger partial charge in [0.1, 0.15) is 5.69 Å². The van der Waals surface area contributed by atoms with Gasteiger partial charge in [-0.2, -0.15) is 5.10 Å². The summed E-state index contributed by atoms with van der Waals surface area (Å²) in [5, 5.41) is 7.78. The standard InChI is InChI=1S/C22H31N3O/c1-16(2)19-14-18(24-25(19)21(3,4)5)20(26)23-15-22(12-9-13-22)17-10-7-6-8-11-17/h6-8,10-11,14,16H,9,12-13,15H2,1-5H3,(H,23,26). The topological polar surface area (TPSA) is 46.9 Å². The number of hydrogen-bond donors (Lipinski definition) is 1. The number of nitrogens with zero attached hydrogens (tertiary/aromatic N) is 2. The van der Waals surface area contributed by atoms with Crippen molar-refractivity contribution in [2.24, 2.45) is 0 Å². The van der Waals surface area contributed by atoms with Crippen LogP contribution in [0.25, 0.3) is 0 Å². The normalized spacial score (nSPS) is 16.4. The molecule has 3 rings (SSSR count). The second-order valence-electron chi connectivity index (χ2n) is 8.87. The van der Waals surface area contributed by atoms with Crippen LogP contribution in [0.3, 0.4) is 0 Å². The number of aromatic nitrogens is 2. The maximum Gasteiger partial charge on any atom is 0.271 e. The van der Waals surface area contributed by atoms with E-state index in [0.717, 1.165) is 18.5 Å². The number of benzene rings is 1. The molecule has 4 heteroatoms. The Kier molecular flexibility index (Phi) is 4.96. The molecular formula is C22H31N3O. The summed E-state index contributed by atoms with van der Waals surface area (Å²) in [4.78, 5) is 12.8. The minimum Gasteiger partial charge on any atom is -0.350 e. The first-order valence-corrected chi connectivity index (χ1v) is 9.67. The van der Waals surface area contributed by atoms with E-state index in [0.29, 0.717) is 18.2 Å². The van der Waals surface area contributed by atoms with Gasteiger partial charge in [0.15, 0.2) is 0 Å². The predicted molar refractivity (Wildman–Crippen MR) is 106 cm³/mol. The fourth-order valence-electron chi connectivity index (χ4n) is 3.76. The van der Waals surface area contributed by atoms with Crippen LogP contribution in [0.4, 0.5) is 0 Å². The summed E-state index contributed by atoms with van der Waals surface area (Å²) in [6, 6.07) is 12.5. The Hall–Kier alpha value is -2.10. The lowest BCUT2D eigenvalue weighted by Gasteiger charge is -2.42. The van der Waals surface area contributed by atoms with Crippen molar-refractivity contribution >= 4 is 5.91 Å². The molecule has 2 aromatic rings. The van der Waals surface area contributed by atoms with Crippen molar-refractivity contribution in [2.75, 3.05) is 6.54 Å². The average molecular weight is 354 g/mol. The Morgan fingerprint density at radius 3 is 2.35 bits per heavy atom. The molecule has 0 spiro atoms. The number of hydrogen-bond acceptors (Lipinski definition) is 2. The summed E-state index contributed by atoms with van der Waals surface area (Å²) in [7, 11) is 0. The van der Waals surface area contributed by atoms with Gasteiger partial charge in [0.05, 0.1) is 5.54 Å².